The Labute approximate surface area is 107 Å². The first kappa shape index (κ1) is 11.9. The van der Waals surface area contributed by atoms with Gasteiger partial charge >= 0.3 is 0 Å². The van der Waals surface area contributed by atoms with Gasteiger partial charge in [-0.2, -0.15) is 0 Å². The summed E-state index contributed by atoms with van der Waals surface area (Å²) < 4.78 is 0. The van der Waals surface area contributed by atoms with Crippen molar-refractivity contribution in [2.24, 2.45) is 0 Å². The fraction of sp³-hybridized carbons (Fsp3) is 0.100. The van der Waals surface area contributed by atoms with Crippen LogP contribution in [0.2, 0.25) is 10.0 Å². The van der Waals surface area contributed by atoms with Crippen LogP contribution in [-0.2, 0) is 0 Å². The first-order chi connectivity index (χ1) is 7.99. The summed E-state index contributed by atoms with van der Waals surface area (Å²) in [5, 5.41) is 0.699. The standard InChI is InChI=1S/C10H8Cl2N4O/c1-4-8(13)15-9(16-10(4)17)7-6(12)2-5(11)3-14-7/h2-3H,1H3,(H3,13,15,16,17). The molecule has 0 aliphatic rings. The summed E-state index contributed by atoms with van der Waals surface area (Å²) in [6.45, 7) is 1.59. The molecule has 0 aliphatic carbocycles. The normalized spacial score (nSPS) is 10.5. The molecule has 0 atom stereocenters. The molecule has 2 aromatic heterocycles. The number of hydrogen-bond acceptors (Lipinski definition) is 4. The Bertz CT molecular complexity index is 639. The molecule has 7 heteroatoms. The number of halogens is 2. The summed E-state index contributed by atoms with van der Waals surface area (Å²) in [7, 11) is 0. The average molecular weight is 271 g/mol. The number of nitrogen functional groups attached to an aromatic ring is 1. The van der Waals surface area contributed by atoms with Crippen LogP contribution in [0, 0.1) is 6.92 Å². The van der Waals surface area contributed by atoms with Crippen molar-refractivity contribution in [1.82, 2.24) is 15.0 Å². The van der Waals surface area contributed by atoms with Gasteiger partial charge in [0.25, 0.3) is 5.56 Å². The van der Waals surface area contributed by atoms with E-state index in [2.05, 4.69) is 15.0 Å². The van der Waals surface area contributed by atoms with E-state index in [1.54, 1.807) is 6.92 Å². The zero-order valence-electron chi connectivity index (χ0n) is 8.79. The van der Waals surface area contributed by atoms with Gasteiger partial charge in [0.15, 0.2) is 5.82 Å². The van der Waals surface area contributed by atoms with Gasteiger partial charge in [0, 0.05) is 6.20 Å². The van der Waals surface area contributed by atoms with E-state index in [9.17, 15) is 4.79 Å². The number of hydrogen-bond donors (Lipinski definition) is 2. The van der Waals surface area contributed by atoms with Gasteiger partial charge in [0.1, 0.15) is 11.5 Å². The lowest BCUT2D eigenvalue weighted by atomic mass is 10.3. The Hall–Kier alpha value is -1.59. The molecule has 0 aromatic carbocycles. The van der Waals surface area contributed by atoms with E-state index in [0.29, 0.717) is 21.3 Å². The van der Waals surface area contributed by atoms with Crippen LogP contribution in [0.1, 0.15) is 5.56 Å². The van der Waals surface area contributed by atoms with Crippen LogP contribution in [0.15, 0.2) is 17.1 Å². The van der Waals surface area contributed by atoms with Gasteiger partial charge in [-0.1, -0.05) is 23.2 Å². The Morgan fingerprint density at radius 1 is 1.41 bits per heavy atom. The van der Waals surface area contributed by atoms with E-state index in [0.717, 1.165) is 0 Å². The lowest BCUT2D eigenvalue weighted by Crippen LogP contribution is -2.15. The minimum absolute atomic E-state index is 0.150. The van der Waals surface area contributed by atoms with Crippen molar-refractivity contribution in [1.29, 1.82) is 0 Å². The fourth-order valence-electron chi connectivity index (χ4n) is 1.25. The smallest absolute Gasteiger partial charge is 0.256 e. The molecule has 0 unspecified atom stereocenters. The molecule has 0 radical (unpaired) electrons. The molecule has 0 amide bonds. The van der Waals surface area contributed by atoms with Gasteiger partial charge in [0.05, 0.1) is 15.6 Å². The largest absolute Gasteiger partial charge is 0.383 e. The number of nitrogens with one attached hydrogen (secondary N) is 1. The third-order valence-corrected chi connectivity index (χ3v) is 2.72. The second-order valence-electron chi connectivity index (χ2n) is 3.41. The molecule has 2 aromatic rings. The van der Waals surface area contributed by atoms with Crippen LogP contribution < -0.4 is 11.3 Å². The van der Waals surface area contributed by atoms with E-state index in [1.165, 1.54) is 12.3 Å². The summed E-state index contributed by atoms with van der Waals surface area (Å²) in [5.74, 6) is 0.372. The summed E-state index contributed by atoms with van der Waals surface area (Å²) in [6.07, 6.45) is 1.42. The van der Waals surface area contributed by atoms with Crippen LogP contribution in [-0.4, -0.2) is 15.0 Å². The van der Waals surface area contributed by atoms with Crippen LogP contribution >= 0.6 is 23.2 Å². The van der Waals surface area contributed by atoms with Gasteiger partial charge < -0.3 is 10.7 Å². The molecule has 0 fully saturated rings. The van der Waals surface area contributed by atoms with Crippen LogP contribution in [0.5, 0.6) is 0 Å². The molecule has 0 aliphatic heterocycles. The minimum Gasteiger partial charge on any atom is -0.383 e. The van der Waals surface area contributed by atoms with E-state index >= 15 is 0 Å². The Balaban J connectivity index is 2.65. The molecule has 17 heavy (non-hydrogen) atoms. The van der Waals surface area contributed by atoms with Crippen molar-refractivity contribution < 1.29 is 0 Å². The number of nitrogens with zero attached hydrogens (tertiary/aromatic N) is 2. The molecule has 3 N–H and O–H groups in total. The van der Waals surface area contributed by atoms with E-state index in [-0.39, 0.29) is 17.2 Å². The number of pyridine rings is 1. The zero-order chi connectivity index (χ0) is 12.6. The monoisotopic (exact) mass is 270 g/mol. The van der Waals surface area contributed by atoms with Crippen LogP contribution in [0.25, 0.3) is 11.5 Å². The second-order valence-corrected chi connectivity index (χ2v) is 4.25. The highest BCUT2D eigenvalue weighted by molar-refractivity contribution is 6.35. The van der Waals surface area contributed by atoms with E-state index < -0.39 is 0 Å². The quantitative estimate of drug-likeness (QED) is 0.831. The molecule has 2 rings (SSSR count). The Morgan fingerprint density at radius 3 is 2.71 bits per heavy atom. The third-order valence-electron chi connectivity index (χ3n) is 2.22. The first-order valence-corrected chi connectivity index (χ1v) is 5.42. The molecular formula is C10H8Cl2N4O. The maximum Gasteiger partial charge on any atom is 0.256 e. The molecule has 0 saturated heterocycles. The van der Waals surface area contributed by atoms with Gasteiger partial charge in [-0.05, 0) is 13.0 Å². The summed E-state index contributed by atoms with van der Waals surface area (Å²) >= 11 is 11.7. The second kappa shape index (κ2) is 4.35. The predicted molar refractivity (Wildman–Crippen MR) is 67.3 cm³/mol. The fourth-order valence-corrected chi connectivity index (χ4v) is 1.72. The number of rotatable bonds is 1. The van der Waals surface area contributed by atoms with Crippen molar-refractivity contribution in [3.63, 3.8) is 0 Å². The summed E-state index contributed by atoms with van der Waals surface area (Å²) in [4.78, 5) is 22.1. The predicted octanol–water partition coefficient (Wildman–Crippen LogP) is 2.03. The SMILES string of the molecule is Cc1c(N)nc(-c2ncc(Cl)cc2Cl)[nH]c1=O. The number of anilines is 1. The Kier molecular flexibility index (Phi) is 3.04. The molecule has 88 valence electrons. The molecule has 2 heterocycles. The van der Waals surface area contributed by atoms with Crippen LogP contribution in [0.4, 0.5) is 5.82 Å². The Morgan fingerprint density at radius 2 is 2.12 bits per heavy atom. The van der Waals surface area contributed by atoms with E-state index in [1.807, 2.05) is 0 Å². The number of aromatic amines is 1. The molecule has 5 nitrogen and oxygen atoms in total. The maximum absolute atomic E-state index is 11.5. The van der Waals surface area contributed by atoms with Crippen molar-refractivity contribution in [3.8, 4) is 11.5 Å². The molecule has 0 saturated carbocycles. The highest BCUT2D eigenvalue weighted by atomic mass is 35.5. The molecule has 0 spiro atoms. The van der Waals surface area contributed by atoms with Crippen molar-refractivity contribution >= 4 is 29.0 Å². The van der Waals surface area contributed by atoms with Crippen LogP contribution in [0.3, 0.4) is 0 Å². The van der Waals surface area contributed by atoms with E-state index in [4.69, 9.17) is 28.9 Å². The molecule has 0 bridgehead atoms. The lowest BCUT2D eigenvalue weighted by Gasteiger charge is -2.05. The zero-order valence-corrected chi connectivity index (χ0v) is 10.3. The van der Waals surface area contributed by atoms with Gasteiger partial charge in [0.2, 0.25) is 0 Å². The maximum atomic E-state index is 11.5. The highest BCUT2D eigenvalue weighted by Crippen LogP contribution is 2.25. The number of aromatic nitrogens is 3. The average Bonchev–Trinajstić information content (AvgIpc) is 2.25. The first-order valence-electron chi connectivity index (χ1n) is 4.67. The lowest BCUT2D eigenvalue weighted by molar-refractivity contribution is 1.08. The van der Waals surface area contributed by atoms with Gasteiger partial charge in [-0.15, -0.1) is 0 Å². The topological polar surface area (TPSA) is 84.7 Å². The summed E-state index contributed by atoms with van der Waals surface area (Å²) in [6, 6.07) is 1.52. The molecular weight excluding hydrogens is 263 g/mol. The van der Waals surface area contributed by atoms with Crippen molar-refractivity contribution in [3.05, 3.63) is 38.2 Å². The van der Waals surface area contributed by atoms with Crippen molar-refractivity contribution in [2.75, 3.05) is 5.73 Å². The van der Waals surface area contributed by atoms with Gasteiger partial charge in [-0.25, -0.2) is 9.97 Å². The van der Waals surface area contributed by atoms with Crippen molar-refractivity contribution in [2.45, 2.75) is 6.92 Å². The minimum atomic E-state index is -0.319. The number of nitrogens with two attached hydrogens (primary N) is 1. The summed E-state index contributed by atoms with van der Waals surface area (Å²) in [5.41, 5.74) is 5.98. The highest BCUT2D eigenvalue weighted by Gasteiger charge is 2.11. The third kappa shape index (κ3) is 2.25. The number of H-pyrrole nitrogens is 1. The van der Waals surface area contributed by atoms with Gasteiger partial charge in [-0.3, -0.25) is 4.79 Å².